The van der Waals surface area contributed by atoms with Crippen LogP contribution in [-0.2, 0) is 20.9 Å². The standard InChI is InChI=1S/C27H28FN3O5S/c1-5-21-24(26(33)36-4)25(20-11-10-19(34-2)13-22(20)35-3)31-18(15-37-27(31)30-21)12-23(32)29-14-16-6-8-17(28)9-7-16/h6-11,13,15,25H,5,12,14H2,1-4H3,(H,29,32)/t25-/m0/s1. The van der Waals surface area contributed by atoms with Crippen LogP contribution in [0.5, 0.6) is 11.5 Å². The minimum absolute atomic E-state index is 0.0537. The summed E-state index contributed by atoms with van der Waals surface area (Å²) >= 11 is 1.39. The molecule has 0 unspecified atom stereocenters. The third-order valence-electron chi connectivity index (χ3n) is 6.11. The van der Waals surface area contributed by atoms with E-state index in [-0.39, 0.29) is 24.7 Å². The lowest BCUT2D eigenvalue weighted by molar-refractivity contribution is -0.136. The topological polar surface area (TPSA) is 89.5 Å². The van der Waals surface area contributed by atoms with Crippen molar-refractivity contribution in [3.63, 3.8) is 0 Å². The number of carbonyl (C=O) groups excluding carboxylic acids is 2. The summed E-state index contributed by atoms with van der Waals surface area (Å²) in [5.41, 5.74) is 3.18. The van der Waals surface area contributed by atoms with Gasteiger partial charge in [-0.3, -0.25) is 4.79 Å². The van der Waals surface area contributed by atoms with Crippen molar-refractivity contribution in [2.45, 2.75) is 32.4 Å². The van der Waals surface area contributed by atoms with Crippen LogP contribution >= 0.6 is 11.8 Å². The fraction of sp³-hybridized carbons (Fsp3) is 0.296. The van der Waals surface area contributed by atoms with E-state index in [0.717, 1.165) is 5.56 Å². The van der Waals surface area contributed by atoms with Crippen molar-refractivity contribution in [1.29, 1.82) is 0 Å². The first-order chi connectivity index (χ1) is 17.9. The zero-order valence-electron chi connectivity index (χ0n) is 21.0. The summed E-state index contributed by atoms with van der Waals surface area (Å²) in [6, 6.07) is 10.7. The van der Waals surface area contributed by atoms with Crippen LogP contribution in [0.25, 0.3) is 0 Å². The minimum atomic E-state index is -0.623. The highest BCUT2D eigenvalue weighted by atomic mass is 32.2. The van der Waals surface area contributed by atoms with E-state index in [1.165, 1.54) is 31.0 Å². The Morgan fingerprint density at radius 2 is 1.86 bits per heavy atom. The first-order valence-electron chi connectivity index (χ1n) is 11.7. The zero-order valence-corrected chi connectivity index (χ0v) is 21.9. The number of methoxy groups -OCH3 is 3. The van der Waals surface area contributed by atoms with Crippen LogP contribution < -0.4 is 14.8 Å². The summed E-state index contributed by atoms with van der Waals surface area (Å²) in [5, 5.41) is 5.40. The monoisotopic (exact) mass is 525 g/mol. The van der Waals surface area contributed by atoms with Crippen LogP contribution in [-0.4, -0.2) is 43.3 Å². The molecule has 2 aliphatic rings. The highest BCUT2D eigenvalue weighted by Gasteiger charge is 2.42. The van der Waals surface area contributed by atoms with E-state index in [2.05, 4.69) is 5.32 Å². The van der Waals surface area contributed by atoms with Gasteiger partial charge in [0.2, 0.25) is 5.91 Å². The largest absolute Gasteiger partial charge is 0.497 e. The van der Waals surface area contributed by atoms with Crippen molar-refractivity contribution in [3.8, 4) is 11.5 Å². The van der Waals surface area contributed by atoms with E-state index in [1.807, 2.05) is 23.3 Å². The van der Waals surface area contributed by atoms with Gasteiger partial charge in [0.1, 0.15) is 17.3 Å². The van der Waals surface area contributed by atoms with Gasteiger partial charge in [0.15, 0.2) is 5.17 Å². The molecule has 0 fully saturated rings. The predicted octanol–water partition coefficient (Wildman–Crippen LogP) is 4.69. The number of aliphatic imine (C=N–C) groups is 1. The number of nitrogens with one attached hydrogen (secondary N) is 1. The molecule has 0 bridgehead atoms. The molecule has 2 aromatic rings. The summed E-state index contributed by atoms with van der Waals surface area (Å²) in [6.07, 6.45) is 0.572. The predicted molar refractivity (Wildman–Crippen MR) is 139 cm³/mol. The van der Waals surface area contributed by atoms with Gasteiger partial charge in [0.25, 0.3) is 0 Å². The smallest absolute Gasteiger partial charge is 0.338 e. The van der Waals surface area contributed by atoms with Crippen molar-refractivity contribution in [1.82, 2.24) is 10.2 Å². The number of allylic oxidation sites excluding steroid dienone is 1. The number of benzene rings is 2. The van der Waals surface area contributed by atoms with E-state index in [9.17, 15) is 14.0 Å². The molecule has 0 spiro atoms. The maximum atomic E-state index is 13.2. The number of carbonyl (C=O) groups is 2. The van der Waals surface area contributed by atoms with E-state index >= 15 is 0 Å². The van der Waals surface area contributed by atoms with Crippen LogP contribution in [0.1, 0.15) is 36.9 Å². The maximum Gasteiger partial charge on any atom is 0.338 e. The van der Waals surface area contributed by atoms with Crippen LogP contribution in [0.15, 0.2) is 69.8 Å². The van der Waals surface area contributed by atoms with Gasteiger partial charge in [-0.15, -0.1) is 0 Å². The lowest BCUT2D eigenvalue weighted by atomic mass is 9.92. The van der Waals surface area contributed by atoms with Crippen LogP contribution in [0.4, 0.5) is 4.39 Å². The summed E-state index contributed by atoms with van der Waals surface area (Å²) in [6.45, 7) is 2.20. The van der Waals surface area contributed by atoms with Gasteiger partial charge in [-0.2, -0.15) is 0 Å². The molecule has 8 nitrogen and oxygen atoms in total. The number of fused-ring (bicyclic) bond motifs is 1. The Bertz CT molecular complexity index is 1290. The molecule has 37 heavy (non-hydrogen) atoms. The number of hydrogen-bond acceptors (Lipinski definition) is 8. The molecular weight excluding hydrogens is 497 g/mol. The first kappa shape index (κ1) is 26.3. The number of ether oxygens (including phenoxy) is 3. The molecule has 10 heteroatoms. The Balaban J connectivity index is 1.67. The highest BCUT2D eigenvalue weighted by Crippen LogP contribution is 2.48. The summed E-state index contributed by atoms with van der Waals surface area (Å²) in [4.78, 5) is 32.6. The summed E-state index contributed by atoms with van der Waals surface area (Å²) in [7, 11) is 4.45. The maximum absolute atomic E-state index is 13.2. The average molecular weight is 526 g/mol. The van der Waals surface area contributed by atoms with Gasteiger partial charge >= 0.3 is 5.97 Å². The molecule has 0 aliphatic carbocycles. The molecule has 4 rings (SSSR count). The molecule has 2 aromatic carbocycles. The van der Waals surface area contributed by atoms with Crippen LogP contribution in [0, 0.1) is 5.82 Å². The fourth-order valence-electron chi connectivity index (χ4n) is 4.28. The Labute approximate surface area is 219 Å². The molecular formula is C27H28FN3O5S. The molecule has 0 saturated heterocycles. The van der Waals surface area contributed by atoms with Crippen molar-refractivity contribution < 1.29 is 28.2 Å². The van der Waals surface area contributed by atoms with Crippen molar-refractivity contribution in [2.75, 3.05) is 21.3 Å². The lowest BCUT2D eigenvalue weighted by Crippen LogP contribution is -2.38. The minimum Gasteiger partial charge on any atom is -0.497 e. The summed E-state index contributed by atoms with van der Waals surface area (Å²) < 4.78 is 29.4. The van der Waals surface area contributed by atoms with E-state index < -0.39 is 12.0 Å². The third kappa shape index (κ3) is 5.48. The molecule has 1 N–H and O–H groups in total. The molecule has 1 atom stereocenters. The van der Waals surface area contributed by atoms with E-state index in [0.29, 0.717) is 45.6 Å². The number of nitrogens with zero attached hydrogens (tertiary/aromatic N) is 2. The van der Waals surface area contributed by atoms with Gasteiger partial charge in [-0.05, 0) is 41.7 Å². The second kappa shape index (κ2) is 11.5. The zero-order chi connectivity index (χ0) is 26.5. The number of thioether (sulfide) groups is 1. The Kier molecular flexibility index (Phi) is 8.17. The Morgan fingerprint density at radius 1 is 1.11 bits per heavy atom. The number of amides is 1. The molecule has 0 aromatic heterocycles. The number of halogens is 1. The number of amidine groups is 1. The van der Waals surface area contributed by atoms with Gasteiger partial charge in [0, 0.05) is 23.9 Å². The van der Waals surface area contributed by atoms with Gasteiger partial charge in [-0.25, -0.2) is 14.2 Å². The second-order valence-electron chi connectivity index (χ2n) is 8.29. The number of rotatable bonds is 9. The molecule has 1 amide bonds. The fourth-order valence-corrected chi connectivity index (χ4v) is 5.22. The average Bonchev–Trinajstić information content (AvgIpc) is 3.32. The molecule has 2 heterocycles. The normalized spacial score (nSPS) is 16.6. The van der Waals surface area contributed by atoms with Crippen LogP contribution in [0.3, 0.4) is 0 Å². The van der Waals surface area contributed by atoms with E-state index in [1.54, 1.807) is 38.5 Å². The number of hydrogen-bond donors (Lipinski definition) is 1. The van der Waals surface area contributed by atoms with Crippen molar-refractivity contribution >= 4 is 28.8 Å². The third-order valence-corrected chi connectivity index (χ3v) is 7.00. The van der Waals surface area contributed by atoms with Crippen LogP contribution in [0.2, 0.25) is 0 Å². The van der Waals surface area contributed by atoms with Crippen molar-refractivity contribution in [3.05, 3.63) is 81.8 Å². The second-order valence-corrected chi connectivity index (χ2v) is 9.12. The summed E-state index contributed by atoms with van der Waals surface area (Å²) in [5.74, 6) is 0.0825. The van der Waals surface area contributed by atoms with Crippen molar-refractivity contribution in [2.24, 2.45) is 4.99 Å². The first-order valence-corrected chi connectivity index (χ1v) is 12.6. The Hall–Kier alpha value is -3.79. The lowest BCUT2D eigenvalue weighted by Gasteiger charge is -2.37. The Morgan fingerprint density at radius 3 is 2.51 bits per heavy atom. The van der Waals surface area contributed by atoms with E-state index in [4.69, 9.17) is 19.2 Å². The molecule has 194 valence electrons. The highest BCUT2D eigenvalue weighted by molar-refractivity contribution is 8.16. The SMILES string of the molecule is CCC1=C(C(=O)OC)[C@H](c2ccc(OC)cc2OC)N2C(CC(=O)NCc3ccc(F)cc3)=CSC2=N1. The molecule has 0 saturated carbocycles. The van der Waals surface area contributed by atoms with Gasteiger partial charge in [-0.1, -0.05) is 30.8 Å². The quantitative estimate of drug-likeness (QED) is 0.475. The van der Waals surface area contributed by atoms with Gasteiger partial charge in [0.05, 0.1) is 45.1 Å². The number of esters is 1. The molecule has 0 radical (unpaired) electrons. The molecule has 2 aliphatic heterocycles. The van der Waals surface area contributed by atoms with Gasteiger partial charge < -0.3 is 24.4 Å².